The highest BCUT2D eigenvalue weighted by Gasteiger charge is 2.47. The number of nitrogens with zero attached hydrogens (tertiary/aromatic N) is 1. The van der Waals surface area contributed by atoms with Crippen molar-refractivity contribution < 1.29 is 15.3 Å². The maximum atomic E-state index is 10.6. The molecule has 1 heterocycles. The summed E-state index contributed by atoms with van der Waals surface area (Å²) in [4.78, 5) is 2.54. The molecule has 3 aromatic rings. The molecule has 0 aromatic heterocycles. The minimum Gasteiger partial charge on any atom is -0.508 e. The summed E-state index contributed by atoms with van der Waals surface area (Å²) in [6.45, 7) is 2.98. The topological polar surface area (TPSA) is 63.9 Å². The number of hydrogen-bond donors (Lipinski definition) is 3. The largest absolute Gasteiger partial charge is 0.508 e. The van der Waals surface area contributed by atoms with E-state index in [0.29, 0.717) is 11.7 Å². The lowest BCUT2D eigenvalue weighted by molar-refractivity contribution is 0.0688. The molecule has 2 atom stereocenters. The Labute approximate surface area is 202 Å². The van der Waals surface area contributed by atoms with E-state index in [4.69, 9.17) is 0 Å². The number of likely N-dealkylation sites (tertiary alicyclic amines) is 1. The summed E-state index contributed by atoms with van der Waals surface area (Å²) >= 11 is 0. The predicted molar refractivity (Wildman–Crippen MR) is 136 cm³/mol. The molecule has 4 nitrogen and oxygen atoms in total. The van der Waals surface area contributed by atoms with Gasteiger partial charge in [-0.25, -0.2) is 0 Å². The summed E-state index contributed by atoms with van der Waals surface area (Å²) in [6.07, 6.45) is 7.32. The van der Waals surface area contributed by atoms with Gasteiger partial charge in [0, 0.05) is 24.6 Å². The fourth-order valence-electron chi connectivity index (χ4n) is 6.45. The van der Waals surface area contributed by atoms with Gasteiger partial charge in [0.25, 0.3) is 0 Å². The van der Waals surface area contributed by atoms with Crippen molar-refractivity contribution in [3.8, 4) is 17.2 Å². The molecule has 1 fully saturated rings. The Kier molecular flexibility index (Phi) is 6.51. The van der Waals surface area contributed by atoms with E-state index < -0.39 is 0 Å². The Morgan fingerprint density at radius 1 is 0.882 bits per heavy atom. The van der Waals surface area contributed by atoms with Crippen LogP contribution in [0.1, 0.15) is 47.9 Å². The lowest BCUT2D eigenvalue weighted by atomic mass is 9.57. The van der Waals surface area contributed by atoms with Crippen LogP contribution >= 0.6 is 0 Å². The smallest absolute Gasteiger partial charge is 0.122 e. The SMILES string of the molecule is Oc1ccc(CCN2CCC3(CCCc4ccccc4)c4cccc(O)c4CCC3C2)c(O)c1. The van der Waals surface area contributed by atoms with Crippen LogP contribution in [0.15, 0.2) is 66.7 Å². The Morgan fingerprint density at radius 2 is 1.74 bits per heavy atom. The summed E-state index contributed by atoms with van der Waals surface area (Å²) in [5.74, 6) is 1.31. The number of phenolic OH excluding ortho intramolecular Hbond substituents is 3. The molecular weight excluding hydrogens is 422 g/mol. The monoisotopic (exact) mass is 457 g/mol. The lowest BCUT2D eigenvalue weighted by Gasteiger charge is -2.52. The van der Waals surface area contributed by atoms with Crippen LogP contribution < -0.4 is 0 Å². The molecule has 34 heavy (non-hydrogen) atoms. The van der Waals surface area contributed by atoms with E-state index in [-0.39, 0.29) is 16.9 Å². The minimum atomic E-state index is 0.101. The fourth-order valence-corrected chi connectivity index (χ4v) is 6.45. The minimum absolute atomic E-state index is 0.101. The molecule has 0 bridgehead atoms. The van der Waals surface area contributed by atoms with Crippen molar-refractivity contribution in [2.24, 2.45) is 5.92 Å². The molecule has 2 unspecified atom stereocenters. The first-order chi connectivity index (χ1) is 16.5. The van der Waals surface area contributed by atoms with E-state index in [2.05, 4.69) is 41.3 Å². The molecule has 2 aliphatic rings. The predicted octanol–water partition coefficient (Wildman–Crippen LogP) is 5.57. The zero-order valence-corrected chi connectivity index (χ0v) is 19.8. The van der Waals surface area contributed by atoms with Crippen molar-refractivity contribution in [2.75, 3.05) is 19.6 Å². The zero-order valence-electron chi connectivity index (χ0n) is 19.8. The van der Waals surface area contributed by atoms with Crippen LogP contribution in [0, 0.1) is 5.92 Å². The molecule has 1 aliphatic carbocycles. The Hall–Kier alpha value is -2.98. The number of phenols is 3. The first kappa shape index (κ1) is 22.8. The maximum Gasteiger partial charge on any atom is 0.122 e. The highest BCUT2D eigenvalue weighted by Crippen LogP contribution is 2.51. The molecular formula is C30H35NO3. The first-order valence-electron chi connectivity index (χ1n) is 12.6. The maximum absolute atomic E-state index is 10.6. The van der Waals surface area contributed by atoms with Crippen LogP contribution in [0.4, 0.5) is 0 Å². The molecule has 3 N–H and O–H groups in total. The number of aryl methyl sites for hydroxylation is 1. The standard InChI is InChI=1S/C30H35NO3/c32-25-13-11-23(29(34)20-25)15-18-31-19-17-30(16-5-8-22-6-2-1-3-7-22)24(21-31)12-14-26-27(30)9-4-10-28(26)33/h1-4,6-7,9-11,13,20,24,32-34H,5,8,12,14-19,21H2. The quantitative estimate of drug-likeness (QED) is 0.434. The van der Waals surface area contributed by atoms with E-state index in [1.807, 2.05) is 18.2 Å². The van der Waals surface area contributed by atoms with Gasteiger partial charge in [0.15, 0.2) is 0 Å². The van der Waals surface area contributed by atoms with Gasteiger partial charge in [0.1, 0.15) is 17.2 Å². The molecule has 178 valence electrons. The van der Waals surface area contributed by atoms with Crippen molar-refractivity contribution in [1.29, 1.82) is 0 Å². The average Bonchev–Trinajstić information content (AvgIpc) is 2.84. The third-order valence-corrected chi connectivity index (χ3v) is 8.26. The highest BCUT2D eigenvalue weighted by molar-refractivity contribution is 5.46. The van der Waals surface area contributed by atoms with E-state index in [9.17, 15) is 15.3 Å². The van der Waals surface area contributed by atoms with Crippen molar-refractivity contribution in [2.45, 2.75) is 50.4 Å². The molecule has 0 spiro atoms. The van der Waals surface area contributed by atoms with Gasteiger partial charge >= 0.3 is 0 Å². The summed E-state index contributed by atoms with van der Waals surface area (Å²) in [5, 5.41) is 30.4. The van der Waals surface area contributed by atoms with Crippen LogP contribution in [0.25, 0.3) is 0 Å². The highest BCUT2D eigenvalue weighted by atomic mass is 16.3. The molecule has 4 heteroatoms. The average molecular weight is 458 g/mol. The van der Waals surface area contributed by atoms with E-state index in [1.165, 1.54) is 22.8 Å². The van der Waals surface area contributed by atoms with Crippen LogP contribution in [0.2, 0.25) is 0 Å². The molecule has 1 saturated heterocycles. The van der Waals surface area contributed by atoms with Crippen molar-refractivity contribution >= 4 is 0 Å². The van der Waals surface area contributed by atoms with Crippen molar-refractivity contribution in [1.82, 2.24) is 4.90 Å². The third kappa shape index (κ3) is 4.52. The summed E-state index contributed by atoms with van der Waals surface area (Å²) in [5.41, 5.74) is 4.96. The third-order valence-electron chi connectivity index (χ3n) is 8.26. The molecule has 0 amide bonds. The number of fused-ring (bicyclic) bond motifs is 3. The van der Waals surface area contributed by atoms with E-state index in [0.717, 1.165) is 70.1 Å². The number of aromatic hydroxyl groups is 3. The zero-order chi connectivity index (χ0) is 23.5. The Balaban J connectivity index is 1.32. The van der Waals surface area contributed by atoms with E-state index in [1.54, 1.807) is 6.07 Å². The van der Waals surface area contributed by atoms with Gasteiger partial charge in [-0.2, -0.15) is 0 Å². The van der Waals surface area contributed by atoms with Crippen molar-refractivity contribution in [3.63, 3.8) is 0 Å². The van der Waals surface area contributed by atoms with Crippen LogP contribution in [-0.4, -0.2) is 39.9 Å². The first-order valence-corrected chi connectivity index (χ1v) is 12.6. The van der Waals surface area contributed by atoms with Crippen LogP contribution in [0.5, 0.6) is 17.2 Å². The normalized spacial score (nSPS) is 22.2. The molecule has 3 aromatic carbocycles. The summed E-state index contributed by atoms with van der Waals surface area (Å²) in [7, 11) is 0. The van der Waals surface area contributed by atoms with Crippen molar-refractivity contribution in [3.05, 3.63) is 89.0 Å². The number of piperidine rings is 1. The van der Waals surface area contributed by atoms with Gasteiger partial charge in [-0.05, 0) is 91.8 Å². The number of hydrogen-bond acceptors (Lipinski definition) is 4. The number of rotatable bonds is 7. The van der Waals surface area contributed by atoms with E-state index >= 15 is 0 Å². The Bertz CT molecular complexity index is 1130. The van der Waals surface area contributed by atoms with Gasteiger partial charge in [0.05, 0.1) is 0 Å². The second kappa shape index (κ2) is 9.71. The molecule has 5 rings (SSSR count). The fraction of sp³-hybridized carbons (Fsp3) is 0.400. The molecule has 0 radical (unpaired) electrons. The second-order valence-corrected chi connectivity index (χ2v) is 10.1. The second-order valence-electron chi connectivity index (χ2n) is 10.1. The van der Waals surface area contributed by atoms with Gasteiger partial charge < -0.3 is 20.2 Å². The van der Waals surface area contributed by atoms with Gasteiger partial charge in [-0.3, -0.25) is 0 Å². The van der Waals surface area contributed by atoms with Gasteiger partial charge in [0.2, 0.25) is 0 Å². The van der Waals surface area contributed by atoms with Gasteiger partial charge in [-0.15, -0.1) is 0 Å². The number of benzene rings is 3. The van der Waals surface area contributed by atoms with Crippen LogP contribution in [-0.2, 0) is 24.7 Å². The summed E-state index contributed by atoms with van der Waals surface area (Å²) in [6, 6.07) is 21.8. The van der Waals surface area contributed by atoms with Gasteiger partial charge in [-0.1, -0.05) is 48.5 Å². The van der Waals surface area contributed by atoms with Crippen LogP contribution in [0.3, 0.4) is 0 Å². The molecule has 1 aliphatic heterocycles. The Morgan fingerprint density at radius 3 is 2.56 bits per heavy atom. The summed E-state index contributed by atoms with van der Waals surface area (Å²) < 4.78 is 0. The molecule has 0 saturated carbocycles. The lowest BCUT2D eigenvalue weighted by Crippen LogP contribution is -2.52.